The van der Waals surface area contributed by atoms with Gasteiger partial charge in [0.25, 0.3) is 11.8 Å². The number of benzene rings is 3. The van der Waals surface area contributed by atoms with Gasteiger partial charge in [-0.15, -0.1) is 0 Å². The van der Waals surface area contributed by atoms with Crippen LogP contribution in [0.3, 0.4) is 0 Å². The largest absolute Gasteiger partial charge is 0.449 e. The van der Waals surface area contributed by atoms with Crippen molar-refractivity contribution in [1.29, 1.82) is 0 Å². The molecule has 3 aromatic carbocycles. The Morgan fingerprint density at radius 1 is 0.769 bits per heavy atom. The van der Waals surface area contributed by atoms with E-state index in [4.69, 9.17) is 9.57 Å². The molecule has 2 fully saturated rings. The van der Waals surface area contributed by atoms with Gasteiger partial charge in [0.2, 0.25) is 0 Å². The molecule has 1 N–H and O–H groups in total. The fourth-order valence-electron chi connectivity index (χ4n) is 7.02. The molecular weight excluding hydrogens is 496 g/mol. The van der Waals surface area contributed by atoms with Crippen molar-refractivity contribution >= 4 is 23.9 Å². The van der Waals surface area contributed by atoms with E-state index < -0.39 is 35.8 Å². The molecule has 0 saturated heterocycles. The monoisotopic (exact) mass is 522 g/mol. The van der Waals surface area contributed by atoms with E-state index in [2.05, 4.69) is 29.6 Å². The third-order valence-corrected chi connectivity index (χ3v) is 8.75. The summed E-state index contributed by atoms with van der Waals surface area (Å²) in [5.41, 5.74) is 4.94. The van der Waals surface area contributed by atoms with Crippen LogP contribution in [0.25, 0.3) is 11.1 Å². The average molecular weight is 523 g/mol. The standard InChI is InChI=1S/C31H26N2O6/c34-28-23-11-5-6-12-24(23)29(35)33(28)39-30(36)26-17-13-14-18(15-17)27(26)32-31(37)38-16-25-21-9-3-1-7-19(21)20-8-2-4-10-22(20)25/h1-12,17-18,25-27H,13-16H2,(H,32,37). The smallest absolute Gasteiger partial charge is 0.407 e. The minimum atomic E-state index is -0.680. The fraction of sp³-hybridized carbons (Fsp3) is 0.290. The summed E-state index contributed by atoms with van der Waals surface area (Å²) in [6.45, 7) is 0.171. The summed E-state index contributed by atoms with van der Waals surface area (Å²) in [5.74, 6) is -2.61. The first-order chi connectivity index (χ1) is 19.0. The van der Waals surface area contributed by atoms with Gasteiger partial charge in [-0.1, -0.05) is 65.7 Å². The highest BCUT2D eigenvalue weighted by Gasteiger charge is 2.54. The lowest BCUT2D eigenvalue weighted by Crippen LogP contribution is -2.49. The van der Waals surface area contributed by atoms with Crippen molar-refractivity contribution in [2.45, 2.75) is 31.2 Å². The Morgan fingerprint density at radius 3 is 1.92 bits per heavy atom. The zero-order valence-electron chi connectivity index (χ0n) is 21.0. The third-order valence-electron chi connectivity index (χ3n) is 8.75. The maximum atomic E-state index is 13.3. The van der Waals surface area contributed by atoms with E-state index in [1.165, 1.54) is 12.1 Å². The Labute approximate surface area is 224 Å². The molecule has 4 atom stereocenters. The molecule has 2 saturated carbocycles. The van der Waals surface area contributed by atoms with Gasteiger partial charge in [0.1, 0.15) is 6.61 Å². The van der Waals surface area contributed by atoms with E-state index in [9.17, 15) is 19.2 Å². The van der Waals surface area contributed by atoms with Gasteiger partial charge in [-0.25, -0.2) is 9.59 Å². The highest BCUT2D eigenvalue weighted by Crippen LogP contribution is 2.49. The molecule has 196 valence electrons. The number of hydroxylamine groups is 2. The van der Waals surface area contributed by atoms with Gasteiger partial charge in [0.05, 0.1) is 17.0 Å². The maximum Gasteiger partial charge on any atom is 0.407 e. The van der Waals surface area contributed by atoms with Crippen molar-refractivity contribution in [3.8, 4) is 11.1 Å². The zero-order valence-corrected chi connectivity index (χ0v) is 21.0. The molecule has 8 heteroatoms. The molecule has 0 spiro atoms. The second-order valence-electron chi connectivity index (χ2n) is 10.7. The molecule has 4 aliphatic rings. The van der Waals surface area contributed by atoms with Crippen LogP contribution >= 0.6 is 0 Å². The molecule has 3 aliphatic carbocycles. The van der Waals surface area contributed by atoms with Crippen LogP contribution in [0, 0.1) is 17.8 Å². The summed E-state index contributed by atoms with van der Waals surface area (Å²) in [6, 6.07) is 22.1. The Morgan fingerprint density at radius 2 is 1.31 bits per heavy atom. The summed E-state index contributed by atoms with van der Waals surface area (Å²) in [5, 5.41) is 3.47. The van der Waals surface area contributed by atoms with E-state index >= 15 is 0 Å². The predicted octanol–water partition coefficient (Wildman–Crippen LogP) is 4.69. The number of nitrogens with one attached hydrogen (secondary N) is 1. The Balaban J connectivity index is 1.04. The zero-order chi connectivity index (χ0) is 26.7. The summed E-state index contributed by atoms with van der Waals surface area (Å²) in [4.78, 5) is 57.1. The van der Waals surface area contributed by atoms with Gasteiger partial charge < -0.3 is 14.9 Å². The molecule has 3 aromatic rings. The maximum absolute atomic E-state index is 13.3. The molecule has 1 heterocycles. The van der Waals surface area contributed by atoms with Crippen molar-refractivity contribution in [2.24, 2.45) is 17.8 Å². The molecule has 8 nitrogen and oxygen atoms in total. The highest BCUT2D eigenvalue weighted by atomic mass is 16.7. The second-order valence-corrected chi connectivity index (χ2v) is 10.7. The van der Waals surface area contributed by atoms with Crippen LogP contribution in [-0.4, -0.2) is 41.6 Å². The third kappa shape index (κ3) is 3.73. The Kier molecular flexibility index (Phi) is 5.50. The van der Waals surface area contributed by atoms with Gasteiger partial charge in [-0.2, -0.15) is 0 Å². The van der Waals surface area contributed by atoms with Crippen LogP contribution in [0.1, 0.15) is 57.0 Å². The number of hydrogen-bond donors (Lipinski definition) is 1. The van der Waals surface area contributed by atoms with Gasteiger partial charge in [-0.3, -0.25) is 9.59 Å². The lowest BCUT2D eigenvalue weighted by Gasteiger charge is -2.30. The van der Waals surface area contributed by atoms with E-state index in [0.29, 0.717) is 5.06 Å². The van der Waals surface area contributed by atoms with Crippen LogP contribution in [0.5, 0.6) is 0 Å². The van der Waals surface area contributed by atoms with Gasteiger partial charge in [-0.05, 0) is 65.5 Å². The van der Waals surface area contributed by atoms with E-state index in [1.807, 2.05) is 24.3 Å². The number of fused-ring (bicyclic) bond motifs is 6. The molecule has 7 rings (SSSR count). The van der Waals surface area contributed by atoms with Crippen molar-refractivity contribution in [2.75, 3.05) is 6.61 Å². The van der Waals surface area contributed by atoms with E-state index in [-0.39, 0.29) is 35.5 Å². The molecule has 39 heavy (non-hydrogen) atoms. The number of imide groups is 1. The quantitative estimate of drug-likeness (QED) is 0.488. The molecule has 2 bridgehead atoms. The first-order valence-corrected chi connectivity index (χ1v) is 13.3. The van der Waals surface area contributed by atoms with Crippen molar-refractivity contribution in [3.63, 3.8) is 0 Å². The average Bonchev–Trinajstić information content (AvgIpc) is 3.70. The summed E-state index contributed by atoms with van der Waals surface area (Å²) in [6.07, 6.45) is 1.90. The molecule has 0 aromatic heterocycles. The number of hydrogen-bond acceptors (Lipinski definition) is 6. The number of amides is 3. The summed E-state index contributed by atoms with van der Waals surface area (Å²) >= 11 is 0. The number of alkyl carbamates (subject to hydrolysis) is 1. The predicted molar refractivity (Wildman–Crippen MR) is 139 cm³/mol. The number of carbonyl (C=O) groups is 4. The number of rotatable bonds is 5. The topological polar surface area (TPSA) is 102 Å². The van der Waals surface area contributed by atoms with Crippen LogP contribution in [0.2, 0.25) is 0 Å². The summed E-state index contributed by atoms with van der Waals surface area (Å²) in [7, 11) is 0. The van der Waals surface area contributed by atoms with Gasteiger partial charge >= 0.3 is 12.1 Å². The molecule has 0 radical (unpaired) electrons. The minimum Gasteiger partial charge on any atom is -0.449 e. The molecular formula is C31H26N2O6. The van der Waals surface area contributed by atoms with Crippen LogP contribution in [-0.2, 0) is 14.4 Å². The summed E-state index contributed by atoms with van der Waals surface area (Å²) < 4.78 is 5.73. The SMILES string of the molecule is O=C(NC1C2CCC(C2)C1C(=O)ON1C(=O)c2ccccc2C1=O)OCC1c2ccccc2-c2ccccc21. The van der Waals surface area contributed by atoms with Crippen molar-refractivity contribution < 1.29 is 28.8 Å². The lowest BCUT2D eigenvalue weighted by atomic mass is 9.84. The van der Waals surface area contributed by atoms with Crippen LogP contribution < -0.4 is 5.32 Å². The van der Waals surface area contributed by atoms with Gasteiger partial charge in [0.15, 0.2) is 0 Å². The van der Waals surface area contributed by atoms with Crippen molar-refractivity contribution in [3.05, 3.63) is 95.1 Å². The minimum absolute atomic E-state index is 0.0107. The van der Waals surface area contributed by atoms with Crippen LogP contribution in [0.4, 0.5) is 4.79 Å². The molecule has 1 aliphatic heterocycles. The van der Waals surface area contributed by atoms with Crippen molar-refractivity contribution in [1.82, 2.24) is 10.4 Å². The highest BCUT2D eigenvalue weighted by molar-refractivity contribution is 6.20. The lowest BCUT2D eigenvalue weighted by molar-refractivity contribution is -0.176. The first-order valence-electron chi connectivity index (χ1n) is 13.3. The second kappa shape index (κ2) is 9.08. The fourth-order valence-corrected chi connectivity index (χ4v) is 7.02. The molecule has 3 amide bonds. The van der Waals surface area contributed by atoms with Gasteiger partial charge in [0, 0.05) is 12.0 Å². The number of nitrogens with zero attached hydrogens (tertiary/aromatic N) is 1. The normalized spacial score (nSPS) is 24.4. The first kappa shape index (κ1) is 23.6. The molecule has 4 unspecified atom stereocenters. The number of ether oxygens (including phenoxy) is 1. The Hall–Kier alpha value is -4.46. The number of carbonyl (C=O) groups excluding carboxylic acids is 4. The van der Waals surface area contributed by atoms with E-state index in [1.54, 1.807) is 12.1 Å². The van der Waals surface area contributed by atoms with E-state index in [0.717, 1.165) is 41.5 Å². The van der Waals surface area contributed by atoms with Crippen LogP contribution in [0.15, 0.2) is 72.8 Å². The Bertz CT molecular complexity index is 1450.